The van der Waals surface area contributed by atoms with Crippen molar-refractivity contribution in [1.29, 1.82) is 0 Å². The van der Waals surface area contributed by atoms with Crippen molar-refractivity contribution in [2.24, 2.45) is 0 Å². The molecule has 18 heavy (non-hydrogen) atoms. The van der Waals surface area contributed by atoms with Gasteiger partial charge in [-0.15, -0.1) is 29.0 Å². The summed E-state index contributed by atoms with van der Waals surface area (Å²) in [6.45, 7) is 1.67. The van der Waals surface area contributed by atoms with Gasteiger partial charge in [-0.25, -0.2) is 0 Å². The zero-order valence-corrected chi connectivity index (χ0v) is 13.9. The summed E-state index contributed by atoms with van der Waals surface area (Å²) < 4.78 is 5.11. The maximum absolute atomic E-state index is 10.9. The van der Waals surface area contributed by atoms with Crippen LogP contribution in [0.1, 0.15) is 18.4 Å². The first-order valence-electron chi connectivity index (χ1n) is 5.34. The number of rotatable bonds is 3. The van der Waals surface area contributed by atoms with E-state index >= 15 is 0 Å². The van der Waals surface area contributed by atoms with Crippen molar-refractivity contribution in [3.05, 3.63) is 42.0 Å². The number of ether oxygens (including phenoxy) is 1. The fraction of sp³-hybridized carbons (Fsp3) is 0.214. The number of fused-ring (bicyclic) bond motifs is 1. The van der Waals surface area contributed by atoms with E-state index in [1.807, 2.05) is 24.3 Å². The summed E-state index contributed by atoms with van der Waals surface area (Å²) in [4.78, 5) is 10.9. The van der Waals surface area contributed by atoms with Gasteiger partial charge in [0.25, 0.3) is 0 Å². The van der Waals surface area contributed by atoms with Crippen molar-refractivity contribution in [1.82, 2.24) is 0 Å². The first-order chi connectivity index (χ1) is 8.11. The molecule has 0 aromatic heterocycles. The topological polar surface area (TPSA) is 46.5 Å². The summed E-state index contributed by atoms with van der Waals surface area (Å²) >= 11 is 0. The number of carboxylic acid groups (broad SMARTS) is 1. The predicted octanol–water partition coefficient (Wildman–Crippen LogP) is -0.159. The number of benzene rings is 2. The van der Waals surface area contributed by atoms with Gasteiger partial charge in [0.05, 0.1) is 13.0 Å². The molecule has 0 aliphatic rings. The van der Waals surface area contributed by atoms with Crippen LogP contribution in [0.3, 0.4) is 0 Å². The molecule has 3 nitrogen and oxygen atoms in total. The molecular weight excluding hydrogens is 255 g/mol. The summed E-state index contributed by atoms with van der Waals surface area (Å²) in [5, 5.41) is 10.9. The standard InChI is InChI=1S/C14H13O3.K/c1-9(14(15)16)10-3-4-12-8-13(17-2)6-5-11(12)7-10;/h3-4,6-9H,1-2H3,(H,15,16);/q-1;+1. The van der Waals surface area contributed by atoms with Crippen LogP contribution in [0.4, 0.5) is 0 Å². The monoisotopic (exact) mass is 268 g/mol. The molecule has 0 aliphatic carbocycles. The summed E-state index contributed by atoms with van der Waals surface area (Å²) in [6, 6.07) is 12.3. The van der Waals surface area contributed by atoms with Gasteiger partial charge in [-0.2, -0.15) is 0 Å². The van der Waals surface area contributed by atoms with E-state index in [1.54, 1.807) is 20.1 Å². The number of hydrogen-bond donors (Lipinski definition) is 1. The van der Waals surface area contributed by atoms with Gasteiger partial charge < -0.3 is 9.84 Å². The Labute approximate surface area is 149 Å². The number of carbonyl (C=O) groups is 1. The van der Waals surface area contributed by atoms with E-state index in [9.17, 15) is 4.79 Å². The van der Waals surface area contributed by atoms with Crippen molar-refractivity contribution < 1.29 is 66.0 Å². The molecular formula is C14H13KO3. The minimum atomic E-state index is -0.821. The summed E-state index contributed by atoms with van der Waals surface area (Å²) in [6.07, 6.45) is 0. The SMILES string of the molecule is COc1c[c-]c2cc(C(C)C(=O)O)ccc2c1.[K+]. The third-order valence-corrected chi connectivity index (χ3v) is 2.85. The van der Waals surface area contributed by atoms with Gasteiger partial charge in [0.2, 0.25) is 0 Å². The number of methoxy groups -OCH3 is 1. The zero-order valence-electron chi connectivity index (χ0n) is 10.7. The van der Waals surface area contributed by atoms with Gasteiger partial charge in [-0.3, -0.25) is 4.79 Å². The molecule has 2 aromatic rings. The molecule has 0 aliphatic heterocycles. The van der Waals surface area contributed by atoms with Crippen LogP contribution in [0.2, 0.25) is 0 Å². The Balaban J connectivity index is 0.00000162. The Morgan fingerprint density at radius 3 is 2.72 bits per heavy atom. The van der Waals surface area contributed by atoms with E-state index in [4.69, 9.17) is 9.84 Å². The van der Waals surface area contributed by atoms with Crippen LogP contribution in [0.5, 0.6) is 5.75 Å². The van der Waals surface area contributed by atoms with Gasteiger partial charge in [0.1, 0.15) is 0 Å². The molecule has 0 heterocycles. The van der Waals surface area contributed by atoms with Crippen LogP contribution in [-0.2, 0) is 4.79 Å². The van der Waals surface area contributed by atoms with Crippen LogP contribution < -0.4 is 56.1 Å². The zero-order chi connectivity index (χ0) is 12.4. The average Bonchev–Trinajstić information content (AvgIpc) is 2.36. The second-order valence-corrected chi connectivity index (χ2v) is 3.95. The van der Waals surface area contributed by atoms with Crippen molar-refractivity contribution in [2.75, 3.05) is 7.11 Å². The normalized spacial score (nSPS) is 11.7. The van der Waals surface area contributed by atoms with Crippen LogP contribution in [0, 0.1) is 6.07 Å². The Bertz CT molecular complexity index is 566. The van der Waals surface area contributed by atoms with Gasteiger partial charge in [-0.05, 0) is 6.92 Å². The van der Waals surface area contributed by atoms with Crippen molar-refractivity contribution in [2.45, 2.75) is 12.8 Å². The van der Waals surface area contributed by atoms with Crippen molar-refractivity contribution in [3.8, 4) is 5.75 Å². The Morgan fingerprint density at radius 1 is 1.39 bits per heavy atom. The Hall–Kier alpha value is -0.394. The van der Waals surface area contributed by atoms with Crippen molar-refractivity contribution in [3.63, 3.8) is 0 Å². The number of hydrogen-bond acceptors (Lipinski definition) is 2. The smallest absolute Gasteiger partial charge is 0.540 e. The van der Waals surface area contributed by atoms with Gasteiger partial charge in [0.15, 0.2) is 0 Å². The molecule has 1 atom stereocenters. The van der Waals surface area contributed by atoms with Gasteiger partial charge >= 0.3 is 57.4 Å². The van der Waals surface area contributed by atoms with Crippen LogP contribution in [-0.4, -0.2) is 18.2 Å². The minimum Gasteiger partial charge on any atom is -0.540 e. The quantitative estimate of drug-likeness (QED) is 0.621. The molecule has 0 saturated heterocycles. The Morgan fingerprint density at radius 2 is 2.11 bits per heavy atom. The van der Waals surface area contributed by atoms with E-state index in [-0.39, 0.29) is 51.4 Å². The van der Waals surface area contributed by atoms with Crippen LogP contribution in [0.15, 0.2) is 30.3 Å². The van der Waals surface area contributed by atoms with E-state index in [2.05, 4.69) is 6.07 Å². The molecule has 0 radical (unpaired) electrons. The minimum absolute atomic E-state index is 0. The molecule has 0 fully saturated rings. The second kappa shape index (κ2) is 6.68. The maximum atomic E-state index is 10.9. The van der Waals surface area contributed by atoms with Gasteiger partial charge in [0, 0.05) is 5.75 Å². The van der Waals surface area contributed by atoms with E-state index < -0.39 is 11.9 Å². The van der Waals surface area contributed by atoms with E-state index in [0.29, 0.717) is 0 Å². The molecule has 0 saturated carbocycles. The fourth-order valence-electron chi connectivity index (χ4n) is 1.70. The maximum Gasteiger partial charge on any atom is 1.00 e. The molecule has 2 rings (SSSR count). The molecule has 0 amide bonds. The average molecular weight is 268 g/mol. The third-order valence-electron chi connectivity index (χ3n) is 2.85. The van der Waals surface area contributed by atoms with Crippen molar-refractivity contribution >= 4 is 16.7 Å². The molecule has 1 N–H and O–H groups in total. The third kappa shape index (κ3) is 3.33. The summed E-state index contributed by atoms with van der Waals surface area (Å²) in [5.74, 6) is -0.579. The molecule has 88 valence electrons. The molecule has 0 spiro atoms. The predicted molar refractivity (Wildman–Crippen MR) is 65.4 cm³/mol. The van der Waals surface area contributed by atoms with Crippen LogP contribution >= 0.6 is 0 Å². The van der Waals surface area contributed by atoms with E-state index in [0.717, 1.165) is 22.1 Å². The van der Waals surface area contributed by atoms with Crippen LogP contribution in [0.25, 0.3) is 10.8 Å². The second-order valence-electron chi connectivity index (χ2n) is 3.95. The molecule has 2 aromatic carbocycles. The largest absolute Gasteiger partial charge is 1.00 e. The summed E-state index contributed by atoms with van der Waals surface area (Å²) in [5.41, 5.74) is 0.784. The fourth-order valence-corrected chi connectivity index (χ4v) is 1.70. The molecule has 0 bridgehead atoms. The first kappa shape index (κ1) is 15.7. The number of aliphatic carboxylic acids is 1. The first-order valence-corrected chi connectivity index (χ1v) is 5.34. The molecule has 4 heteroatoms. The van der Waals surface area contributed by atoms with E-state index in [1.165, 1.54) is 0 Å². The summed E-state index contributed by atoms with van der Waals surface area (Å²) in [7, 11) is 1.61. The van der Waals surface area contributed by atoms with Gasteiger partial charge in [-0.1, -0.05) is 23.8 Å². The Kier molecular flexibility index (Phi) is 5.81. The number of carboxylic acids is 1. The molecule has 1 unspecified atom stereocenters.